The molecule has 1 rings (SSSR count). The first-order valence-electron chi connectivity index (χ1n) is 4.70. The Hall–Kier alpha value is -0.900. The van der Waals surface area contributed by atoms with Crippen LogP contribution in [0.5, 0.6) is 0 Å². The molecule has 0 N–H and O–H groups in total. The van der Waals surface area contributed by atoms with Crippen molar-refractivity contribution in [3.63, 3.8) is 0 Å². The van der Waals surface area contributed by atoms with Crippen LogP contribution in [0.25, 0.3) is 0 Å². The van der Waals surface area contributed by atoms with Crippen molar-refractivity contribution in [2.45, 2.75) is 26.2 Å². The zero-order valence-electron chi connectivity index (χ0n) is 9.12. The van der Waals surface area contributed by atoms with E-state index in [4.69, 9.17) is 0 Å². The Morgan fingerprint density at radius 2 is 1.67 bits per heavy atom. The Morgan fingerprint density at radius 3 is 2.07 bits per heavy atom. The quantitative estimate of drug-likeness (QED) is 0.748. The Balaban J connectivity index is 3.00. The van der Waals surface area contributed by atoms with Gasteiger partial charge in [-0.2, -0.15) is 8.42 Å². The van der Waals surface area contributed by atoms with Crippen molar-refractivity contribution in [3.05, 3.63) is 35.4 Å². The van der Waals surface area contributed by atoms with Gasteiger partial charge in [-0.05, 0) is 12.5 Å². The highest BCUT2D eigenvalue weighted by molar-refractivity contribution is 7.86. The lowest BCUT2D eigenvalue weighted by Gasteiger charge is -2.23. The SMILES string of the molecule is Cc1ccc(C(C)(C)CS(=O)(=O)F)cc1. The van der Waals surface area contributed by atoms with E-state index in [1.807, 2.05) is 31.2 Å². The third kappa shape index (κ3) is 3.63. The van der Waals surface area contributed by atoms with E-state index in [1.165, 1.54) is 0 Å². The number of hydrogen-bond donors (Lipinski definition) is 0. The summed E-state index contributed by atoms with van der Waals surface area (Å²) in [6, 6.07) is 7.45. The molecule has 0 radical (unpaired) electrons. The van der Waals surface area contributed by atoms with Crippen LogP contribution in [-0.4, -0.2) is 14.2 Å². The lowest BCUT2D eigenvalue weighted by Crippen LogP contribution is -2.26. The van der Waals surface area contributed by atoms with Crippen LogP contribution in [0.2, 0.25) is 0 Å². The van der Waals surface area contributed by atoms with Gasteiger partial charge in [-0.1, -0.05) is 43.7 Å². The molecule has 0 fully saturated rings. The molecule has 0 heterocycles. The molecule has 84 valence electrons. The average molecular weight is 230 g/mol. The standard InChI is InChI=1S/C11H15FO2S/c1-9-4-6-10(7-5-9)11(2,3)8-15(12,13)14/h4-7H,8H2,1-3H3. The maximum Gasteiger partial charge on any atom is 0.303 e. The fourth-order valence-corrected chi connectivity index (χ4v) is 2.55. The minimum Gasteiger partial charge on any atom is -0.195 e. The molecule has 0 aliphatic heterocycles. The molecule has 1 aromatic rings. The first-order chi connectivity index (χ1) is 6.71. The van der Waals surface area contributed by atoms with Gasteiger partial charge in [0, 0.05) is 5.41 Å². The van der Waals surface area contributed by atoms with E-state index in [2.05, 4.69) is 0 Å². The number of rotatable bonds is 3. The Bertz CT molecular complexity index is 432. The van der Waals surface area contributed by atoms with Gasteiger partial charge in [0.2, 0.25) is 0 Å². The van der Waals surface area contributed by atoms with Gasteiger partial charge in [0.15, 0.2) is 0 Å². The first kappa shape index (κ1) is 12.2. The van der Waals surface area contributed by atoms with Gasteiger partial charge in [-0.25, -0.2) is 0 Å². The van der Waals surface area contributed by atoms with Gasteiger partial charge in [-0.15, -0.1) is 3.89 Å². The highest BCUT2D eigenvalue weighted by Gasteiger charge is 2.27. The van der Waals surface area contributed by atoms with Crippen molar-refractivity contribution >= 4 is 10.2 Å². The summed E-state index contributed by atoms with van der Waals surface area (Å²) in [5.74, 6) is -0.483. The summed E-state index contributed by atoms with van der Waals surface area (Å²) in [5.41, 5.74) is 1.23. The molecular weight excluding hydrogens is 215 g/mol. The molecule has 0 aromatic heterocycles. The van der Waals surface area contributed by atoms with Crippen molar-refractivity contribution < 1.29 is 12.3 Å². The van der Waals surface area contributed by atoms with Gasteiger partial charge < -0.3 is 0 Å². The van der Waals surface area contributed by atoms with Gasteiger partial charge in [0.05, 0.1) is 5.75 Å². The summed E-state index contributed by atoms with van der Waals surface area (Å²) in [7, 11) is -4.44. The predicted molar refractivity (Wildman–Crippen MR) is 59.1 cm³/mol. The second-order valence-corrected chi connectivity index (χ2v) is 5.80. The van der Waals surface area contributed by atoms with Gasteiger partial charge in [0.25, 0.3) is 0 Å². The first-order valence-corrected chi connectivity index (χ1v) is 6.25. The van der Waals surface area contributed by atoms with Crippen molar-refractivity contribution in [3.8, 4) is 0 Å². The lowest BCUT2D eigenvalue weighted by molar-refractivity contribution is 0.515. The molecule has 2 nitrogen and oxygen atoms in total. The summed E-state index contributed by atoms with van der Waals surface area (Å²) in [6.07, 6.45) is 0. The minimum atomic E-state index is -4.44. The molecule has 0 atom stereocenters. The minimum absolute atomic E-state index is 0.483. The van der Waals surface area contributed by atoms with Crippen LogP contribution in [-0.2, 0) is 15.6 Å². The van der Waals surface area contributed by atoms with E-state index in [0.717, 1.165) is 11.1 Å². The van der Waals surface area contributed by atoms with E-state index in [0.29, 0.717) is 0 Å². The van der Waals surface area contributed by atoms with Crippen LogP contribution in [0.15, 0.2) is 24.3 Å². The zero-order valence-corrected chi connectivity index (χ0v) is 9.94. The summed E-state index contributed by atoms with van der Waals surface area (Å²) in [5, 5.41) is 0. The number of hydrogen-bond acceptors (Lipinski definition) is 2. The van der Waals surface area contributed by atoms with Crippen molar-refractivity contribution in [2.75, 3.05) is 5.75 Å². The summed E-state index contributed by atoms with van der Waals surface area (Å²) >= 11 is 0. The third-order valence-corrected chi connectivity index (χ3v) is 3.43. The Kier molecular flexibility index (Phi) is 3.19. The summed E-state index contributed by atoms with van der Waals surface area (Å²) in [6.45, 7) is 5.38. The number of halogens is 1. The maximum absolute atomic E-state index is 12.6. The average Bonchev–Trinajstić information content (AvgIpc) is 2.00. The molecule has 0 saturated heterocycles. The smallest absolute Gasteiger partial charge is 0.195 e. The van der Waals surface area contributed by atoms with Crippen molar-refractivity contribution in [1.29, 1.82) is 0 Å². The zero-order chi connectivity index (χ0) is 11.7. The van der Waals surface area contributed by atoms with E-state index < -0.39 is 21.4 Å². The van der Waals surface area contributed by atoms with Crippen LogP contribution in [0, 0.1) is 6.92 Å². The molecule has 0 aliphatic carbocycles. The summed E-state index contributed by atoms with van der Waals surface area (Å²) in [4.78, 5) is 0. The molecule has 4 heteroatoms. The van der Waals surface area contributed by atoms with Crippen LogP contribution in [0.4, 0.5) is 3.89 Å². The summed E-state index contributed by atoms with van der Waals surface area (Å²) < 4.78 is 33.9. The second kappa shape index (κ2) is 3.93. The molecule has 0 unspecified atom stereocenters. The van der Waals surface area contributed by atoms with Gasteiger partial charge in [-0.3, -0.25) is 0 Å². The van der Waals surface area contributed by atoms with E-state index >= 15 is 0 Å². The van der Waals surface area contributed by atoms with Crippen LogP contribution >= 0.6 is 0 Å². The molecule has 1 aromatic carbocycles. The fraction of sp³-hybridized carbons (Fsp3) is 0.455. The molecular formula is C11H15FO2S. The molecule has 0 bridgehead atoms. The van der Waals surface area contributed by atoms with Crippen LogP contribution < -0.4 is 0 Å². The van der Waals surface area contributed by atoms with Crippen LogP contribution in [0.1, 0.15) is 25.0 Å². The molecule has 15 heavy (non-hydrogen) atoms. The lowest BCUT2D eigenvalue weighted by atomic mass is 9.86. The maximum atomic E-state index is 12.6. The Labute approximate surface area is 90.3 Å². The second-order valence-electron chi connectivity index (χ2n) is 4.43. The molecule has 0 aliphatic rings. The number of aryl methyl sites for hydroxylation is 1. The molecule has 0 amide bonds. The highest BCUT2D eigenvalue weighted by Crippen LogP contribution is 2.25. The van der Waals surface area contributed by atoms with Gasteiger partial charge in [0.1, 0.15) is 0 Å². The topological polar surface area (TPSA) is 34.1 Å². The van der Waals surface area contributed by atoms with E-state index in [-0.39, 0.29) is 0 Å². The van der Waals surface area contributed by atoms with Crippen LogP contribution in [0.3, 0.4) is 0 Å². The monoisotopic (exact) mass is 230 g/mol. The van der Waals surface area contributed by atoms with E-state index in [1.54, 1.807) is 13.8 Å². The Morgan fingerprint density at radius 1 is 1.20 bits per heavy atom. The van der Waals surface area contributed by atoms with Gasteiger partial charge >= 0.3 is 10.2 Å². The molecule has 0 saturated carbocycles. The van der Waals surface area contributed by atoms with Crippen molar-refractivity contribution in [1.82, 2.24) is 0 Å². The predicted octanol–water partition coefficient (Wildman–Crippen LogP) is 2.57. The fourth-order valence-electron chi connectivity index (χ4n) is 1.52. The third-order valence-electron chi connectivity index (χ3n) is 2.37. The highest BCUT2D eigenvalue weighted by atomic mass is 32.3. The van der Waals surface area contributed by atoms with Crippen molar-refractivity contribution in [2.24, 2.45) is 0 Å². The largest absolute Gasteiger partial charge is 0.303 e. The normalized spacial score (nSPS) is 12.8. The molecule has 0 spiro atoms. The number of benzene rings is 1. The van der Waals surface area contributed by atoms with E-state index in [9.17, 15) is 12.3 Å².